The Morgan fingerprint density at radius 2 is 1.76 bits per heavy atom. The fourth-order valence-electron chi connectivity index (χ4n) is 1.30. The molecule has 0 aliphatic carbocycles. The van der Waals surface area contributed by atoms with E-state index in [-0.39, 0.29) is 10.8 Å². The highest BCUT2D eigenvalue weighted by molar-refractivity contribution is 7.84. The zero-order chi connectivity index (χ0) is 13.1. The lowest BCUT2D eigenvalue weighted by Crippen LogP contribution is -2.34. The third kappa shape index (κ3) is 4.13. The summed E-state index contributed by atoms with van der Waals surface area (Å²) in [7, 11) is 0.588. The first-order valence-corrected chi connectivity index (χ1v) is 6.81. The van der Waals surface area contributed by atoms with Gasteiger partial charge >= 0.3 is 0 Å². The Bertz CT molecular complexity index is 381. The van der Waals surface area contributed by atoms with Crippen LogP contribution < -0.4 is 9.46 Å². The molecule has 0 saturated carbocycles. The SMILES string of the molecule is COc1ccc([C@@H](C)NS(=O)C(C)(C)C)cc1. The Morgan fingerprint density at radius 1 is 1.24 bits per heavy atom. The predicted octanol–water partition coefficient (Wildman–Crippen LogP) is 2.81. The normalized spacial score (nSPS) is 15.4. The van der Waals surface area contributed by atoms with Gasteiger partial charge in [0.15, 0.2) is 0 Å². The molecule has 0 saturated heterocycles. The number of hydrogen-bond acceptors (Lipinski definition) is 2. The van der Waals surface area contributed by atoms with Crippen LogP contribution in [0.25, 0.3) is 0 Å². The topological polar surface area (TPSA) is 38.3 Å². The molecule has 1 unspecified atom stereocenters. The monoisotopic (exact) mass is 255 g/mol. The van der Waals surface area contributed by atoms with Gasteiger partial charge in [0.2, 0.25) is 0 Å². The lowest BCUT2D eigenvalue weighted by molar-refractivity contribution is 0.414. The van der Waals surface area contributed by atoms with Crippen molar-refractivity contribution in [1.82, 2.24) is 4.72 Å². The van der Waals surface area contributed by atoms with Crippen LogP contribution in [0.4, 0.5) is 0 Å². The van der Waals surface area contributed by atoms with Gasteiger partial charge in [0.1, 0.15) is 5.75 Å². The molecule has 0 aliphatic heterocycles. The Balaban J connectivity index is 2.70. The van der Waals surface area contributed by atoms with Crippen molar-refractivity contribution in [3.05, 3.63) is 29.8 Å². The van der Waals surface area contributed by atoms with E-state index < -0.39 is 11.0 Å². The summed E-state index contributed by atoms with van der Waals surface area (Å²) in [5.74, 6) is 0.831. The van der Waals surface area contributed by atoms with E-state index in [2.05, 4.69) is 4.72 Å². The average molecular weight is 255 g/mol. The molecular formula is C13H21NO2S. The molecule has 0 heterocycles. The first-order valence-electron chi connectivity index (χ1n) is 5.66. The maximum atomic E-state index is 11.9. The van der Waals surface area contributed by atoms with Crippen molar-refractivity contribution in [3.8, 4) is 5.75 Å². The van der Waals surface area contributed by atoms with E-state index in [1.54, 1.807) is 7.11 Å². The molecular weight excluding hydrogens is 234 g/mol. The fourth-order valence-corrected chi connectivity index (χ4v) is 2.11. The van der Waals surface area contributed by atoms with Gasteiger partial charge in [-0.05, 0) is 45.4 Å². The van der Waals surface area contributed by atoms with Crippen molar-refractivity contribution in [2.45, 2.75) is 38.5 Å². The van der Waals surface area contributed by atoms with E-state index >= 15 is 0 Å². The number of ether oxygens (including phenoxy) is 1. The molecule has 3 nitrogen and oxygen atoms in total. The van der Waals surface area contributed by atoms with Gasteiger partial charge in [-0.3, -0.25) is 0 Å². The molecule has 0 fully saturated rings. The van der Waals surface area contributed by atoms with Crippen LogP contribution in [0.2, 0.25) is 0 Å². The lowest BCUT2D eigenvalue weighted by Gasteiger charge is -2.22. The summed E-state index contributed by atoms with van der Waals surface area (Å²) in [4.78, 5) is 0. The van der Waals surface area contributed by atoms with Crippen LogP contribution in [0, 0.1) is 0 Å². The molecule has 96 valence electrons. The van der Waals surface area contributed by atoms with Crippen LogP contribution in [0.5, 0.6) is 5.75 Å². The van der Waals surface area contributed by atoms with Crippen molar-refractivity contribution < 1.29 is 8.95 Å². The Hall–Kier alpha value is -0.870. The van der Waals surface area contributed by atoms with Crippen LogP contribution in [0.1, 0.15) is 39.3 Å². The highest BCUT2D eigenvalue weighted by atomic mass is 32.2. The third-order valence-electron chi connectivity index (χ3n) is 2.46. The van der Waals surface area contributed by atoms with Crippen LogP contribution in [-0.4, -0.2) is 16.1 Å². The van der Waals surface area contributed by atoms with Gasteiger partial charge in [0.25, 0.3) is 0 Å². The fraction of sp³-hybridized carbons (Fsp3) is 0.538. The second-order valence-corrected chi connectivity index (χ2v) is 6.99. The van der Waals surface area contributed by atoms with E-state index in [0.717, 1.165) is 11.3 Å². The minimum absolute atomic E-state index is 0.0564. The summed E-state index contributed by atoms with van der Waals surface area (Å²) in [6.07, 6.45) is 0. The van der Waals surface area contributed by atoms with E-state index in [1.807, 2.05) is 52.0 Å². The van der Waals surface area contributed by atoms with E-state index in [4.69, 9.17) is 4.74 Å². The first-order chi connectivity index (χ1) is 7.84. The molecule has 0 radical (unpaired) electrons. The quantitative estimate of drug-likeness (QED) is 0.898. The number of nitrogens with one attached hydrogen (secondary N) is 1. The van der Waals surface area contributed by atoms with E-state index in [1.165, 1.54) is 0 Å². The molecule has 1 N–H and O–H groups in total. The minimum atomic E-state index is -1.06. The maximum Gasteiger partial charge on any atom is 0.118 e. The van der Waals surface area contributed by atoms with Gasteiger partial charge < -0.3 is 4.74 Å². The summed E-state index contributed by atoms with van der Waals surface area (Å²) in [6.45, 7) is 7.87. The van der Waals surface area contributed by atoms with Gasteiger partial charge in [-0.15, -0.1) is 0 Å². The van der Waals surface area contributed by atoms with Gasteiger partial charge in [0.05, 0.1) is 22.8 Å². The molecule has 2 atom stereocenters. The number of rotatable bonds is 4. The van der Waals surface area contributed by atoms with E-state index in [9.17, 15) is 4.21 Å². The lowest BCUT2D eigenvalue weighted by atomic mass is 10.1. The standard InChI is InChI=1S/C13H21NO2S/c1-10(14-17(15)13(2,3)4)11-6-8-12(16-5)9-7-11/h6-10,14H,1-5H3/t10-,17?/m1/s1. The van der Waals surface area contributed by atoms with Crippen molar-refractivity contribution in [3.63, 3.8) is 0 Å². The molecule has 4 heteroatoms. The Labute approximate surface area is 106 Å². The number of hydrogen-bond donors (Lipinski definition) is 1. The van der Waals surface area contributed by atoms with E-state index in [0.29, 0.717) is 0 Å². The Kier molecular flexibility index (Phi) is 4.71. The average Bonchev–Trinajstić information content (AvgIpc) is 2.27. The van der Waals surface area contributed by atoms with Gasteiger partial charge in [-0.1, -0.05) is 12.1 Å². The summed E-state index contributed by atoms with van der Waals surface area (Å²) >= 11 is 0. The summed E-state index contributed by atoms with van der Waals surface area (Å²) < 4.78 is 19.9. The maximum absolute atomic E-state index is 11.9. The molecule has 1 aromatic carbocycles. The molecule has 0 aromatic heterocycles. The highest BCUT2D eigenvalue weighted by Gasteiger charge is 2.21. The molecule has 0 spiro atoms. The van der Waals surface area contributed by atoms with Crippen molar-refractivity contribution in [2.75, 3.05) is 7.11 Å². The zero-order valence-corrected chi connectivity index (χ0v) is 11.9. The van der Waals surface area contributed by atoms with Crippen LogP contribution >= 0.6 is 0 Å². The van der Waals surface area contributed by atoms with Crippen molar-refractivity contribution >= 4 is 11.0 Å². The number of benzene rings is 1. The van der Waals surface area contributed by atoms with Crippen molar-refractivity contribution in [1.29, 1.82) is 0 Å². The summed E-state index contributed by atoms with van der Waals surface area (Å²) in [5.41, 5.74) is 1.10. The van der Waals surface area contributed by atoms with Crippen LogP contribution in [0.15, 0.2) is 24.3 Å². The van der Waals surface area contributed by atoms with Crippen LogP contribution in [0.3, 0.4) is 0 Å². The summed E-state index contributed by atoms with van der Waals surface area (Å²) in [6, 6.07) is 7.84. The molecule has 1 aromatic rings. The molecule has 0 bridgehead atoms. The molecule has 1 rings (SSSR count). The molecule has 0 amide bonds. The Morgan fingerprint density at radius 3 is 2.18 bits per heavy atom. The minimum Gasteiger partial charge on any atom is -0.497 e. The molecule has 17 heavy (non-hydrogen) atoms. The van der Waals surface area contributed by atoms with Crippen molar-refractivity contribution in [2.24, 2.45) is 0 Å². The first kappa shape index (κ1) is 14.2. The van der Waals surface area contributed by atoms with Gasteiger partial charge in [-0.2, -0.15) is 0 Å². The second-order valence-electron chi connectivity index (χ2n) is 4.99. The van der Waals surface area contributed by atoms with Gasteiger partial charge in [0, 0.05) is 6.04 Å². The van der Waals surface area contributed by atoms with Gasteiger partial charge in [-0.25, -0.2) is 8.93 Å². The zero-order valence-electron chi connectivity index (χ0n) is 11.1. The molecule has 0 aliphatic rings. The smallest absolute Gasteiger partial charge is 0.118 e. The second kappa shape index (κ2) is 5.65. The third-order valence-corrected chi connectivity index (χ3v) is 4.14. The predicted molar refractivity (Wildman–Crippen MR) is 72.4 cm³/mol. The number of methoxy groups -OCH3 is 1. The van der Waals surface area contributed by atoms with Crippen LogP contribution in [-0.2, 0) is 11.0 Å². The highest BCUT2D eigenvalue weighted by Crippen LogP contribution is 2.19. The largest absolute Gasteiger partial charge is 0.497 e. The summed E-state index contributed by atoms with van der Waals surface area (Å²) in [5, 5.41) is 0.